The molecule has 2 aromatic carbocycles. The first-order chi connectivity index (χ1) is 13.9. The van der Waals surface area contributed by atoms with Gasteiger partial charge >= 0.3 is 0 Å². The summed E-state index contributed by atoms with van der Waals surface area (Å²) in [5.41, 5.74) is 1.47. The Morgan fingerprint density at radius 2 is 1.86 bits per heavy atom. The molecule has 4 rings (SSSR count). The molecule has 154 valence electrons. The van der Waals surface area contributed by atoms with Crippen LogP contribution in [0.25, 0.3) is 0 Å². The lowest BCUT2D eigenvalue weighted by atomic mass is 9.92. The number of rotatable bonds is 4. The molecule has 2 atom stereocenters. The van der Waals surface area contributed by atoms with Gasteiger partial charge in [-0.1, -0.05) is 25.1 Å². The number of sulfonamides is 1. The molecule has 6 nitrogen and oxygen atoms in total. The maximum atomic E-state index is 12.9. The van der Waals surface area contributed by atoms with Crippen molar-refractivity contribution in [2.24, 2.45) is 5.92 Å². The first-order valence-corrected chi connectivity index (χ1v) is 11.5. The van der Waals surface area contributed by atoms with Crippen LogP contribution in [0.4, 0.5) is 5.69 Å². The Bertz CT molecular complexity index is 988. The van der Waals surface area contributed by atoms with Gasteiger partial charge in [0.1, 0.15) is 5.75 Å². The van der Waals surface area contributed by atoms with E-state index >= 15 is 0 Å². The molecule has 2 aliphatic heterocycles. The van der Waals surface area contributed by atoms with Gasteiger partial charge in [-0.2, -0.15) is 4.31 Å². The number of hydrogen-bond acceptors (Lipinski definition) is 4. The Balaban J connectivity index is 1.47. The highest BCUT2D eigenvalue weighted by molar-refractivity contribution is 7.89. The third kappa shape index (κ3) is 4.16. The van der Waals surface area contributed by atoms with E-state index in [-0.39, 0.29) is 16.7 Å². The van der Waals surface area contributed by atoms with Crippen LogP contribution in [0.2, 0.25) is 0 Å². The van der Waals surface area contributed by atoms with Gasteiger partial charge in [-0.25, -0.2) is 8.42 Å². The molecule has 0 aliphatic carbocycles. The van der Waals surface area contributed by atoms with Gasteiger partial charge in [0.05, 0.1) is 17.4 Å². The van der Waals surface area contributed by atoms with Crippen LogP contribution in [0.15, 0.2) is 53.4 Å². The SMILES string of the molecule is CC1CCCN(S(=O)(=O)c2ccc(NC(=O)C3CCOc4ccccc43)cc2)C1. The van der Waals surface area contributed by atoms with E-state index in [1.807, 2.05) is 24.3 Å². The summed E-state index contributed by atoms with van der Waals surface area (Å²) in [6.45, 7) is 3.70. The van der Waals surface area contributed by atoms with Crippen LogP contribution in [0.3, 0.4) is 0 Å². The van der Waals surface area contributed by atoms with E-state index < -0.39 is 10.0 Å². The van der Waals surface area contributed by atoms with Crippen molar-refractivity contribution in [3.63, 3.8) is 0 Å². The van der Waals surface area contributed by atoms with E-state index in [2.05, 4.69) is 12.2 Å². The fraction of sp³-hybridized carbons (Fsp3) is 0.409. The maximum absolute atomic E-state index is 12.9. The van der Waals surface area contributed by atoms with Crippen LogP contribution in [0, 0.1) is 5.92 Å². The summed E-state index contributed by atoms with van der Waals surface area (Å²) in [7, 11) is -3.50. The highest BCUT2D eigenvalue weighted by atomic mass is 32.2. The molecule has 0 saturated carbocycles. The summed E-state index contributed by atoms with van der Waals surface area (Å²) in [6.07, 6.45) is 2.57. The van der Waals surface area contributed by atoms with Crippen molar-refractivity contribution in [3.8, 4) is 5.75 Å². The lowest BCUT2D eigenvalue weighted by Gasteiger charge is -2.30. The Morgan fingerprint density at radius 1 is 1.10 bits per heavy atom. The number of hydrogen-bond donors (Lipinski definition) is 1. The Labute approximate surface area is 171 Å². The smallest absolute Gasteiger partial charge is 0.243 e. The van der Waals surface area contributed by atoms with Gasteiger partial charge in [-0.3, -0.25) is 4.79 Å². The van der Waals surface area contributed by atoms with Gasteiger partial charge in [0.15, 0.2) is 0 Å². The number of piperidine rings is 1. The van der Waals surface area contributed by atoms with E-state index in [1.54, 1.807) is 28.6 Å². The van der Waals surface area contributed by atoms with Gasteiger partial charge in [-0.05, 0) is 55.5 Å². The van der Waals surface area contributed by atoms with Crippen molar-refractivity contribution in [3.05, 3.63) is 54.1 Å². The molecule has 29 heavy (non-hydrogen) atoms. The molecule has 1 N–H and O–H groups in total. The predicted molar refractivity (Wildman–Crippen MR) is 112 cm³/mol. The first-order valence-electron chi connectivity index (χ1n) is 10.1. The molecule has 0 bridgehead atoms. The Morgan fingerprint density at radius 3 is 2.62 bits per heavy atom. The monoisotopic (exact) mass is 414 g/mol. The van der Waals surface area contributed by atoms with Gasteiger partial charge in [0, 0.05) is 24.3 Å². The molecule has 0 spiro atoms. The fourth-order valence-corrected chi connectivity index (χ4v) is 5.67. The minimum Gasteiger partial charge on any atom is -0.493 e. The number of amides is 1. The van der Waals surface area contributed by atoms with Crippen molar-refractivity contribution in [2.45, 2.75) is 37.0 Å². The molecule has 2 aromatic rings. The van der Waals surface area contributed by atoms with Crippen molar-refractivity contribution >= 4 is 21.6 Å². The molecular weight excluding hydrogens is 388 g/mol. The molecule has 2 aliphatic rings. The lowest BCUT2D eigenvalue weighted by Crippen LogP contribution is -2.39. The summed E-state index contributed by atoms with van der Waals surface area (Å²) in [5.74, 6) is 0.731. The molecule has 2 unspecified atom stereocenters. The van der Waals surface area contributed by atoms with E-state index in [9.17, 15) is 13.2 Å². The van der Waals surface area contributed by atoms with Crippen LogP contribution in [0.1, 0.15) is 37.7 Å². The molecule has 7 heteroatoms. The van der Waals surface area contributed by atoms with E-state index in [0.717, 1.165) is 24.2 Å². The third-order valence-electron chi connectivity index (χ3n) is 5.65. The maximum Gasteiger partial charge on any atom is 0.243 e. The van der Waals surface area contributed by atoms with Crippen molar-refractivity contribution < 1.29 is 17.9 Å². The van der Waals surface area contributed by atoms with E-state index in [0.29, 0.717) is 37.7 Å². The molecule has 1 amide bonds. The second kappa shape index (κ2) is 8.16. The molecule has 0 radical (unpaired) electrons. The van der Waals surface area contributed by atoms with E-state index in [4.69, 9.17) is 4.74 Å². The summed E-state index contributed by atoms with van der Waals surface area (Å²) >= 11 is 0. The van der Waals surface area contributed by atoms with Crippen molar-refractivity contribution in [2.75, 3.05) is 25.0 Å². The average molecular weight is 415 g/mol. The number of fused-ring (bicyclic) bond motifs is 1. The minimum absolute atomic E-state index is 0.110. The molecule has 1 saturated heterocycles. The summed E-state index contributed by atoms with van der Waals surface area (Å²) < 4.78 is 32.9. The first kappa shape index (κ1) is 19.9. The van der Waals surface area contributed by atoms with Gasteiger partial charge in [0.25, 0.3) is 0 Å². The van der Waals surface area contributed by atoms with Crippen LogP contribution in [0.5, 0.6) is 5.75 Å². The highest BCUT2D eigenvalue weighted by Crippen LogP contribution is 2.34. The van der Waals surface area contributed by atoms with E-state index in [1.165, 1.54) is 0 Å². The van der Waals surface area contributed by atoms with Crippen LogP contribution < -0.4 is 10.1 Å². The summed E-state index contributed by atoms with van der Waals surface area (Å²) in [5, 5.41) is 2.91. The molecular formula is C22H26N2O4S. The zero-order valence-electron chi connectivity index (χ0n) is 16.5. The quantitative estimate of drug-likeness (QED) is 0.829. The zero-order valence-corrected chi connectivity index (χ0v) is 17.3. The number of anilines is 1. The van der Waals surface area contributed by atoms with Crippen molar-refractivity contribution in [1.82, 2.24) is 4.31 Å². The van der Waals surface area contributed by atoms with Gasteiger partial charge in [-0.15, -0.1) is 0 Å². The van der Waals surface area contributed by atoms with Crippen LogP contribution in [-0.2, 0) is 14.8 Å². The normalized spacial score (nSPS) is 22.4. The third-order valence-corrected chi connectivity index (χ3v) is 7.53. The summed E-state index contributed by atoms with van der Waals surface area (Å²) in [6, 6.07) is 14.0. The second-order valence-electron chi connectivity index (χ2n) is 7.85. The lowest BCUT2D eigenvalue weighted by molar-refractivity contribution is -0.118. The van der Waals surface area contributed by atoms with Crippen LogP contribution in [-0.4, -0.2) is 38.3 Å². The Hall–Kier alpha value is -2.38. The number of nitrogens with zero attached hydrogens (tertiary/aromatic N) is 1. The standard InChI is InChI=1S/C22H26N2O4S/c1-16-5-4-13-24(15-16)29(26,27)18-10-8-17(9-11-18)23-22(25)20-12-14-28-21-7-3-2-6-19(20)21/h2-3,6-11,16,20H,4-5,12-15H2,1H3,(H,23,25). The molecule has 2 heterocycles. The second-order valence-corrected chi connectivity index (χ2v) is 9.79. The number of carbonyl (C=O) groups excluding carboxylic acids is 1. The zero-order chi connectivity index (χ0) is 20.4. The van der Waals surface area contributed by atoms with Crippen molar-refractivity contribution in [1.29, 1.82) is 0 Å². The van der Waals surface area contributed by atoms with Crippen LogP contribution >= 0.6 is 0 Å². The number of nitrogens with one attached hydrogen (secondary N) is 1. The molecule has 0 aromatic heterocycles. The topological polar surface area (TPSA) is 75.7 Å². The fourth-order valence-electron chi connectivity index (χ4n) is 4.07. The number of para-hydroxylation sites is 1. The largest absolute Gasteiger partial charge is 0.493 e. The average Bonchev–Trinajstić information content (AvgIpc) is 2.73. The number of carbonyl (C=O) groups is 1. The predicted octanol–water partition coefficient (Wildman–Crippen LogP) is 3.61. The highest BCUT2D eigenvalue weighted by Gasteiger charge is 2.29. The Kier molecular flexibility index (Phi) is 5.61. The van der Waals surface area contributed by atoms with Gasteiger partial charge < -0.3 is 10.1 Å². The molecule has 1 fully saturated rings. The van der Waals surface area contributed by atoms with Gasteiger partial charge in [0.2, 0.25) is 15.9 Å². The summed E-state index contributed by atoms with van der Waals surface area (Å²) in [4.78, 5) is 13.1. The number of ether oxygens (including phenoxy) is 1. The number of benzene rings is 2. The minimum atomic E-state index is -3.50.